The van der Waals surface area contributed by atoms with Crippen molar-refractivity contribution in [1.29, 1.82) is 0 Å². The smallest absolute Gasteiger partial charge is 0.184 e. The molecule has 0 heterocycles. The first-order chi connectivity index (χ1) is 5.54. The van der Waals surface area contributed by atoms with Crippen LogP contribution in [0, 0.1) is 5.82 Å². The average molecular weight is 189 g/mol. The Balaban J connectivity index is 3.36. The summed E-state index contributed by atoms with van der Waals surface area (Å²) >= 11 is 5.44. The van der Waals surface area contributed by atoms with E-state index in [9.17, 15) is 9.18 Å². The van der Waals surface area contributed by atoms with E-state index in [-0.39, 0.29) is 16.4 Å². The SMILES string of the molecule is CC(=O)c1ccc(O)c(F)c1Cl. The molecule has 1 rings (SSSR count). The van der Waals surface area contributed by atoms with Crippen LogP contribution in [0.25, 0.3) is 0 Å². The number of Topliss-reactive ketones (excluding diaryl/α,β-unsaturated/α-hetero) is 1. The van der Waals surface area contributed by atoms with Gasteiger partial charge < -0.3 is 5.11 Å². The third-order valence-corrected chi connectivity index (χ3v) is 1.81. The van der Waals surface area contributed by atoms with Crippen molar-refractivity contribution in [2.75, 3.05) is 0 Å². The highest BCUT2D eigenvalue weighted by Gasteiger charge is 2.13. The molecule has 2 nitrogen and oxygen atoms in total. The summed E-state index contributed by atoms with van der Waals surface area (Å²) in [7, 11) is 0. The quantitative estimate of drug-likeness (QED) is 0.687. The zero-order valence-electron chi connectivity index (χ0n) is 6.27. The highest BCUT2D eigenvalue weighted by molar-refractivity contribution is 6.34. The van der Waals surface area contributed by atoms with Crippen LogP contribution in [0.2, 0.25) is 5.02 Å². The molecule has 64 valence electrons. The maximum absolute atomic E-state index is 12.8. The molecule has 0 aliphatic carbocycles. The second-order valence-electron chi connectivity index (χ2n) is 2.32. The van der Waals surface area contributed by atoms with Crippen LogP contribution < -0.4 is 0 Å². The fourth-order valence-electron chi connectivity index (χ4n) is 0.811. The van der Waals surface area contributed by atoms with Crippen LogP contribution in [-0.4, -0.2) is 10.9 Å². The summed E-state index contributed by atoms with van der Waals surface area (Å²) in [5.41, 5.74) is 0.0759. The lowest BCUT2D eigenvalue weighted by molar-refractivity contribution is 0.101. The van der Waals surface area contributed by atoms with Gasteiger partial charge in [-0.15, -0.1) is 0 Å². The molecule has 0 fully saturated rings. The predicted octanol–water partition coefficient (Wildman–Crippen LogP) is 2.39. The molecule has 0 aromatic heterocycles. The number of benzene rings is 1. The summed E-state index contributed by atoms with van der Waals surface area (Å²) in [5.74, 6) is -1.84. The Morgan fingerprint density at radius 1 is 1.58 bits per heavy atom. The van der Waals surface area contributed by atoms with E-state index in [0.717, 1.165) is 6.07 Å². The first kappa shape index (κ1) is 9.00. The van der Waals surface area contributed by atoms with Crippen molar-refractivity contribution < 1.29 is 14.3 Å². The maximum atomic E-state index is 12.8. The van der Waals surface area contributed by atoms with Gasteiger partial charge in [0, 0.05) is 5.56 Å². The van der Waals surface area contributed by atoms with Gasteiger partial charge in [-0.05, 0) is 19.1 Å². The molecule has 1 N–H and O–H groups in total. The van der Waals surface area contributed by atoms with Crippen LogP contribution in [-0.2, 0) is 0 Å². The monoisotopic (exact) mass is 188 g/mol. The number of aromatic hydroxyl groups is 1. The number of phenols is 1. The Morgan fingerprint density at radius 2 is 2.17 bits per heavy atom. The summed E-state index contributed by atoms with van der Waals surface area (Å²) < 4.78 is 12.8. The van der Waals surface area contributed by atoms with E-state index in [0.29, 0.717) is 0 Å². The number of ketones is 1. The topological polar surface area (TPSA) is 37.3 Å². The van der Waals surface area contributed by atoms with Crippen molar-refractivity contribution >= 4 is 17.4 Å². The van der Waals surface area contributed by atoms with E-state index >= 15 is 0 Å². The summed E-state index contributed by atoms with van der Waals surface area (Å²) in [6.45, 7) is 1.28. The van der Waals surface area contributed by atoms with Crippen LogP contribution >= 0.6 is 11.6 Å². The molecule has 0 bridgehead atoms. The Bertz CT molecular complexity index is 336. The van der Waals surface area contributed by atoms with E-state index in [1.54, 1.807) is 0 Å². The highest BCUT2D eigenvalue weighted by Crippen LogP contribution is 2.27. The fourth-order valence-corrected chi connectivity index (χ4v) is 1.10. The Kier molecular flexibility index (Phi) is 2.33. The van der Waals surface area contributed by atoms with Gasteiger partial charge in [0.05, 0.1) is 5.02 Å². The highest BCUT2D eigenvalue weighted by atomic mass is 35.5. The minimum Gasteiger partial charge on any atom is -0.505 e. The Morgan fingerprint density at radius 3 is 2.67 bits per heavy atom. The summed E-state index contributed by atoms with van der Waals surface area (Å²) in [5, 5.41) is 8.50. The molecule has 0 aliphatic rings. The van der Waals surface area contributed by atoms with Crippen LogP contribution in [0.4, 0.5) is 4.39 Å². The normalized spacial score (nSPS) is 9.92. The molecule has 12 heavy (non-hydrogen) atoms. The number of halogens is 2. The maximum Gasteiger partial charge on any atom is 0.184 e. The summed E-state index contributed by atoms with van der Waals surface area (Å²) in [6, 6.07) is 2.38. The fraction of sp³-hybridized carbons (Fsp3) is 0.125. The predicted molar refractivity (Wildman–Crippen MR) is 43.1 cm³/mol. The number of carbonyl (C=O) groups is 1. The van der Waals surface area contributed by atoms with Crippen LogP contribution in [0.15, 0.2) is 12.1 Å². The molecule has 1 aromatic rings. The van der Waals surface area contributed by atoms with E-state index in [1.807, 2.05) is 0 Å². The largest absolute Gasteiger partial charge is 0.505 e. The standard InChI is InChI=1S/C8H6ClFO2/c1-4(11)5-2-3-6(12)8(10)7(5)9/h2-3,12H,1H3. The van der Waals surface area contributed by atoms with Gasteiger partial charge in [0.25, 0.3) is 0 Å². The number of phenolic OH excluding ortho intramolecular Hbond substituents is 1. The lowest BCUT2D eigenvalue weighted by Gasteiger charge is -2.01. The first-order valence-corrected chi connectivity index (χ1v) is 3.59. The minimum absolute atomic E-state index is 0.0759. The van der Waals surface area contributed by atoms with E-state index in [2.05, 4.69) is 0 Å². The van der Waals surface area contributed by atoms with Crippen LogP contribution in [0.3, 0.4) is 0 Å². The zero-order valence-corrected chi connectivity index (χ0v) is 7.02. The third-order valence-electron chi connectivity index (χ3n) is 1.44. The van der Waals surface area contributed by atoms with E-state index < -0.39 is 11.6 Å². The second kappa shape index (κ2) is 3.11. The van der Waals surface area contributed by atoms with Gasteiger partial charge in [0.15, 0.2) is 17.3 Å². The molecular weight excluding hydrogens is 183 g/mol. The molecule has 0 saturated heterocycles. The van der Waals surface area contributed by atoms with Gasteiger partial charge in [-0.3, -0.25) is 4.79 Å². The molecule has 0 radical (unpaired) electrons. The van der Waals surface area contributed by atoms with Gasteiger partial charge in [-0.2, -0.15) is 0 Å². The molecule has 0 unspecified atom stereocenters. The van der Waals surface area contributed by atoms with Gasteiger partial charge in [0.1, 0.15) is 0 Å². The molecule has 0 amide bonds. The Labute approximate surface area is 73.6 Å². The Hall–Kier alpha value is -1.09. The van der Waals surface area contributed by atoms with Gasteiger partial charge in [-0.25, -0.2) is 4.39 Å². The van der Waals surface area contributed by atoms with Gasteiger partial charge in [0.2, 0.25) is 0 Å². The zero-order chi connectivity index (χ0) is 9.30. The molecule has 0 saturated carbocycles. The van der Waals surface area contributed by atoms with Gasteiger partial charge in [-0.1, -0.05) is 11.6 Å². The van der Waals surface area contributed by atoms with E-state index in [4.69, 9.17) is 16.7 Å². The van der Waals surface area contributed by atoms with Crippen LogP contribution in [0.5, 0.6) is 5.75 Å². The third kappa shape index (κ3) is 1.41. The van der Waals surface area contributed by atoms with Crippen molar-refractivity contribution in [3.05, 3.63) is 28.5 Å². The van der Waals surface area contributed by atoms with Crippen molar-refractivity contribution in [2.45, 2.75) is 6.92 Å². The first-order valence-electron chi connectivity index (χ1n) is 3.22. The second-order valence-corrected chi connectivity index (χ2v) is 2.69. The molecule has 1 aromatic carbocycles. The summed E-state index contributed by atoms with van der Waals surface area (Å²) in [6.07, 6.45) is 0. The lowest BCUT2D eigenvalue weighted by atomic mass is 10.1. The molecule has 0 aliphatic heterocycles. The number of carbonyl (C=O) groups excluding carboxylic acids is 1. The van der Waals surface area contributed by atoms with E-state index in [1.165, 1.54) is 13.0 Å². The van der Waals surface area contributed by atoms with Crippen molar-refractivity contribution in [3.63, 3.8) is 0 Å². The van der Waals surface area contributed by atoms with Crippen molar-refractivity contribution in [3.8, 4) is 5.75 Å². The molecule has 0 atom stereocenters. The number of hydrogen-bond donors (Lipinski definition) is 1. The number of hydrogen-bond acceptors (Lipinski definition) is 2. The van der Waals surface area contributed by atoms with Crippen molar-refractivity contribution in [2.24, 2.45) is 0 Å². The molecule has 4 heteroatoms. The molecule has 0 spiro atoms. The van der Waals surface area contributed by atoms with Crippen molar-refractivity contribution in [1.82, 2.24) is 0 Å². The lowest BCUT2D eigenvalue weighted by Crippen LogP contribution is -1.95. The number of rotatable bonds is 1. The summed E-state index contributed by atoms with van der Waals surface area (Å²) in [4.78, 5) is 10.8. The van der Waals surface area contributed by atoms with Gasteiger partial charge >= 0.3 is 0 Å². The average Bonchev–Trinajstić information content (AvgIpc) is 2.00. The molecular formula is C8H6ClFO2. The minimum atomic E-state index is -0.954. The van der Waals surface area contributed by atoms with Crippen LogP contribution in [0.1, 0.15) is 17.3 Å².